The number of ketones is 1. The zero-order valence-electron chi connectivity index (χ0n) is 15.6. The van der Waals surface area contributed by atoms with Crippen molar-refractivity contribution < 1.29 is 14.6 Å². The Morgan fingerprint density at radius 2 is 1.93 bits per heavy atom. The number of hydrogen-bond donors (Lipinski definition) is 1. The number of aromatic nitrogens is 3. The third-order valence-electron chi connectivity index (χ3n) is 5.12. The summed E-state index contributed by atoms with van der Waals surface area (Å²) in [5.41, 5.74) is 1.96. The number of hydrogen-bond acceptors (Lipinski definition) is 5. The van der Waals surface area contributed by atoms with Gasteiger partial charge in [-0.1, -0.05) is 48.4 Å². The van der Waals surface area contributed by atoms with Crippen LogP contribution >= 0.6 is 0 Å². The zero-order valence-corrected chi connectivity index (χ0v) is 15.6. The van der Waals surface area contributed by atoms with Crippen molar-refractivity contribution in [1.29, 1.82) is 0 Å². The van der Waals surface area contributed by atoms with Crippen molar-refractivity contribution in [2.75, 3.05) is 0 Å². The van der Waals surface area contributed by atoms with E-state index >= 15 is 0 Å². The van der Waals surface area contributed by atoms with E-state index in [2.05, 4.69) is 10.3 Å². The molecule has 6 nitrogen and oxygen atoms in total. The maximum absolute atomic E-state index is 12.4. The Kier molecular flexibility index (Phi) is 5.37. The van der Waals surface area contributed by atoms with Crippen LogP contribution in [0.1, 0.15) is 53.3 Å². The van der Waals surface area contributed by atoms with Crippen LogP contribution in [0.3, 0.4) is 0 Å². The standard InChI is InChI=1S/C22H23N3O3/c26-21(12-16-6-2-1-3-7-16)20-11-10-19(13-22(20)27)28-15-17-14-25(24-23-17)18-8-4-5-9-18/h1-3,6-7,10-11,13-14,18,27H,4-5,8-9,12,15H2. The maximum atomic E-state index is 12.4. The highest BCUT2D eigenvalue weighted by Gasteiger charge is 2.18. The molecule has 1 aliphatic rings. The van der Waals surface area contributed by atoms with Crippen molar-refractivity contribution >= 4 is 5.78 Å². The van der Waals surface area contributed by atoms with Crippen LogP contribution in [-0.4, -0.2) is 25.9 Å². The molecule has 4 rings (SSSR count). The molecule has 2 aromatic carbocycles. The van der Waals surface area contributed by atoms with E-state index in [0.29, 0.717) is 17.4 Å². The van der Waals surface area contributed by atoms with E-state index in [0.717, 1.165) is 24.1 Å². The molecule has 1 aliphatic carbocycles. The lowest BCUT2D eigenvalue weighted by molar-refractivity contribution is 0.0990. The molecule has 1 N–H and O–H groups in total. The van der Waals surface area contributed by atoms with Gasteiger partial charge < -0.3 is 9.84 Å². The van der Waals surface area contributed by atoms with Gasteiger partial charge in [-0.15, -0.1) is 5.10 Å². The Bertz CT molecular complexity index is 947. The lowest BCUT2D eigenvalue weighted by Crippen LogP contribution is -2.05. The molecule has 28 heavy (non-hydrogen) atoms. The van der Waals surface area contributed by atoms with Gasteiger partial charge in [-0.3, -0.25) is 4.79 Å². The molecule has 0 amide bonds. The number of nitrogens with zero attached hydrogens (tertiary/aromatic N) is 3. The highest BCUT2D eigenvalue weighted by Crippen LogP contribution is 2.29. The number of phenols is 1. The fourth-order valence-corrected chi connectivity index (χ4v) is 3.60. The maximum Gasteiger partial charge on any atom is 0.170 e. The van der Waals surface area contributed by atoms with Crippen molar-refractivity contribution in [3.8, 4) is 11.5 Å². The summed E-state index contributed by atoms with van der Waals surface area (Å²) < 4.78 is 7.64. The summed E-state index contributed by atoms with van der Waals surface area (Å²) in [7, 11) is 0. The third-order valence-corrected chi connectivity index (χ3v) is 5.12. The van der Waals surface area contributed by atoms with E-state index in [-0.39, 0.29) is 24.6 Å². The van der Waals surface area contributed by atoms with Gasteiger partial charge in [0.25, 0.3) is 0 Å². The van der Waals surface area contributed by atoms with Crippen molar-refractivity contribution in [1.82, 2.24) is 15.0 Å². The van der Waals surface area contributed by atoms with Gasteiger partial charge in [0.2, 0.25) is 0 Å². The molecular weight excluding hydrogens is 354 g/mol. The molecule has 6 heteroatoms. The predicted octanol–water partition coefficient (Wildman–Crippen LogP) is 4.10. The molecule has 0 radical (unpaired) electrons. The molecule has 0 unspecified atom stereocenters. The second kappa shape index (κ2) is 8.25. The minimum atomic E-state index is -0.130. The zero-order chi connectivity index (χ0) is 19.3. The molecule has 0 atom stereocenters. The summed E-state index contributed by atoms with van der Waals surface area (Å²) in [6, 6.07) is 14.7. The summed E-state index contributed by atoms with van der Waals surface area (Å²) in [6.45, 7) is 0.267. The SMILES string of the molecule is O=C(Cc1ccccc1)c1ccc(OCc2cn(C3CCCC3)nn2)cc1O. The molecule has 1 aromatic heterocycles. The van der Waals surface area contributed by atoms with E-state index in [1.807, 2.05) is 41.2 Å². The molecule has 1 saturated carbocycles. The second-order valence-corrected chi connectivity index (χ2v) is 7.18. The summed E-state index contributed by atoms with van der Waals surface area (Å²) in [4.78, 5) is 12.4. The minimum Gasteiger partial charge on any atom is -0.507 e. The van der Waals surface area contributed by atoms with E-state index in [9.17, 15) is 9.90 Å². The van der Waals surface area contributed by atoms with E-state index in [1.165, 1.54) is 18.9 Å². The lowest BCUT2D eigenvalue weighted by atomic mass is 10.0. The topological polar surface area (TPSA) is 77.2 Å². The number of aromatic hydroxyl groups is 1. The van der Waals surface area contributed by atoms with Crippen molar-refractivity contribution in [2.45, 2.75) is 44.8 Å². The van der Waals surface area contributed by atoms with Gasteiger partial charge in [0.1, 0.15) is 23.8 Å². The highest BCUT2D eigenvalue weighted by molar-refractivity contribution is 6.00. The quantitative estimate of drug-likeness (QED) is 0.627. The van der Waals surface area contributed by atoms with Crippen LogP contribution in [0.2, 0.25) is 0 Å². The number of rotatable bonds is 7. The molecule has 0 saturated heterocycles. The monoisotopic (exact) mass is 377 g/mol. The molecule has 0 bridgehead atoms. The first-order valence-electron chi connectivity index (χ1n) is 9.63. The Balaban J connectivity index is 1.37. The van der Waals surface area contributed by atoms with Gasteiger partial charge in [0, 0.05) is 12.5 Å². The Morgan fingerprint density at radius 3 is 2.68 bits per heavy atom. The average Bonchev–Trinajstić information content (AvgIpc) is 3.39. The first-order valence-corrected chi connectivity index (χ1v) is 9.63. The normalized spacial score (nSPS) is 14.3. The van der Waals surface area contributed by atoms with Gasteiger partial charge in [-0.2, -0.15) is 0 Å². The lowest BCUT2D eigenvalue weighted by Gasteiger charge is -2.08. The smallest absolute Gasteiger partial charge is 0.170 e. The molecule has 0 aliphatic heterocycles. The average molecular weight is 377 g/mol. The van der Waals surface area contributed by atoms with Crippen LogP contribution in [0.25, 0.3) is 0 Å². The molecule has 0 spiro atoms. The molecular formula is C22H23N3O3. The summed E-state index contributed by atoms with van der Waals surface area (Å²) in [5.74, 6) is 0.284. The van der Waals surface area contributed by atoms with E-state index in [1.54, 1.807) is 12.1 Å². The number of carbonyl (C=O) groups is 1. The van der Waals surface area contributed by atoms with Gasteiger partial charge in [0.15, 0.2) is 5.78 Å². The van der Waals surface area contributed by atoms with Gasteiger partial charge >= 0.3 is 0 Å². The number of phenolic OH excluding ortho intramolecular Hbond substituents is 1. The van der Waals surface area contributed by atoms with Crippen molar-refractivity contribution in [3.63, 3.8) is 0 Å². The Hall–Kier alpha value is -3.15. The van der Waals surface area contributed by atoms with Crippen molar-refractivity contribution in [2.24, 2.45) is 0 Å². The first-order chi connectivity index (χ1) is 13.7. The minimum absolute atomic E-state index is 0.0759. The molecule has 1 heterocycles. The van der Waals surface area contributed by atoms with E-state index in [4.69, 9.17) is 4.74 Å². The fraction of sp³-hybridized carbons (Fsp3) is 0.318. The summed E-state index contributed by atoms with van der Waals surface area (Å²) >= 11 is 0. The van der Waals surface area contributed by atoms with Crippen LogP contribution in [0.5, 0.6) is 11.5 Å². The number of benzene rings is 2. The Morgan fingerprint density at radius 1 is 1.14 bits per heavy atom. The molecule has 3 aromatic rings. The van der Waals surface area contributed by atoms with E-state index < -0.39 is 0 Å². The number of ether oxygens (including phenoxy) is 1. The Labute approximate surface area is 163 Å². The largest absolute Gasteiger partial charge is 0.507 e. The first kappa shape index (κ1) is 18.2. The summed E-state index contributed by atoms with van der Waals surface area (Å²) in [5, 5.41) is 18.6. The van der Waals surface area contributed by atoms with Crippen LogP contribution in [0.4, 0.5) is 0 Å². The van der Waals surface area contributed by atoms with Crippen LogP contribution < -0.4 is 4.74 Å². The van der Waals surface area contributed by atoms with Gasteiger partial charge in [-0.25, -0.2) is 4.68 Å². The fourth-order valence-electron chi connectivity index (χ4n) is 3.60. The number of Topliss-reactive ketones (excluding diaryl/α,β-unsaturated/α-hetero) is 1. The van der Waals surface area contributed by atoms with Gasteiger partial charge in [0.05, 0.1) is 17.8 Å². The molecule has 1 fully saturated rings. The second-order valence-electron chi connectivity index (χ2n) is 7.18. The van der Waals surface area contributed by atoms with Crippen LogP contribution in [0.15, 0.2) is 54.7 Å². The third kappa shape index (κ3) is 4.22. The molecule has 144 valence electrons. The predicted molar refractivity (Wildman–Crippen MR) is 104 cm³/mol. The van der Waals surface area contributed by atoms with Crippen LogP contribution in [0, 0.1) is 0 Å². The van der Waals surface area contributed by atoms with Gasteiger partial charge in [-0.05, 0) is 30.5 Å². The highest BCUT2D eigenvalue weighted by atomic mass is 16.5. The van der Waals surface area contributed by atoms with Crippen LogP contribution in [-0.2, 0) is 13.0 Å². The number of carbonyl (C=O) groups excluding carboxylic acids is 1. The summed E-state index contributed by atoms with van der Waals surface area (Å²) in [6.07, 6.45) is 6.95. The van der Waals surface area contributed by atoms with Crippen molar-refractivity contribution in [3.05, 3.63) is 71.5 Å².